The number of hydrogen-bond donors (Lipinski definition) is 3. The van der Waals surface area contributed by atoms with Crippen LogP contribution in [0, 0.1) is 0 Å². The second kappa shape index (κ2) is 6.90. The number of nitrogens with one attached hydrogen (secondary N) is 3. The Morgan fingerprint density at radius 3 is 2.29 bits per heavy atom. The number of methoxy groups -OCH3 is 1. The molecule has 1 rings (SSSR count). The zero-order valence-electron chi connectivity index (χ0n) is 13.0. The molecule has 0 saturated carbocycles. The van der Waals surface area contributed by atoms with Gasteiger partial charge in [0.25, 0.3) is 0 Å². The molecule has 1 aromatic rings. The maximum atomic E-state index is 11.3. The van der Waals surface area contributed by atoms with E-state index in [1.807, 2.05) is 6.92 Å². The van der Waals surface area contributed by atoms with Gasteiger partial charge in [-0.25, -0.2) is 23.1 Å². The molecule has 0 unspecified atom stereocenters. The van der Waals surface area contributed by atoms with Crippen molar-refractivity contribution in [3.63, 3.8) is 0 Å². The number of hydrogen-bond acceptors (Lipinski definition) is 7. The molecular weight excluding hydrogens is 294 g/mol. The summed E-state index contributed by atoms with van der Waals surface area (Å²) in [5.74, 6) is 1.59. The molecule has 0 aliphatic heterocycles. The van der Waals surface area contributed by atoms with Crippen LogP contribution < -0.4 is 20.1 Å². The van der Waals surface area contributed by atoms with E-state index in [2.05, 4.69) is 25.3 Å². The van der Waals surface area contributed by atoms with Crippen molar-refractivity contribution in [3.8, 4) is 5.75 Å². The van der Waals surface area contributed by atoms with E-state index in [0.717, 1.165) is 6.26 Å². The lowest BCUT2D eigenvalue weighted by atomic mass is 10.1. The van der Waals surface area contributed by atoms with E-state index in [4.69, 9.17) is 4.74 Å². The van der Waals surface area contributed by atoms with Gasteiger partial charge in [0.1, 0.15) is 6.33 Å². The largest absolute Gasteiger partial charge is 0.490 e. The van der Waals surface area contributed by atoms with Gasteiger partial charge in [0.15, 0.2) is 11.6 Å². The molecule has 21 heavy (non-hydrogen) atoms. The standard InChI is InChI=1S/C12H23N5O3S/c1-6-13-10-9(20-4)11(16-8-15-10)14-7-12(2,3)17-21(5,18)19/h8,17H,6-7H2,1-5H3,(H2,13,14,15,16). The summed E-state index contributed by atoms with van der Waals surface area (Å²) in [6.07, 6.45) is 2.54. The summed E-state index contributed by atoms with van der Waals surface area (Å²) < 4.78 is 30.5. The predicted octanol–water partition coefficient (Wildman–Crippen LogP) is 0.657. The first-order chi connectivity index (χ1) is 9.68. The van der Waals surface area contributed by atoms with Gasteiger partial charge >= 0.3 is 0 Å². The van der Waals surface area contributed by atoms with E-state index >= 15 is 0 Å². The molecule has 1 aromatic heterocycles. The van der Waals surface area contributed by atoms with Crippen molar-refractivity contribution in [2.75, 3.05) is 37.1 Å². The van der Waals surface area contributed by atoms with E-state index in [1.165, 1.54) is 13.4 Å². The molecule has 3 N–H and O–H groups in total. The van der Waals surface area contributed by atoms with Gasteiger partial charge in [-0.2, -0.15) is 0 Å². The highest BCUT2D eigenvalue weighted by molar-refractivity contribution is 7.88. The lowest BCUT2D eigenvalue weighted by molar-refractivity contribution is 0.413. The van der Waals surface area contributed by atoms with Gasteiger partial charge < -0.3 is 15.4 Å². The molecule has 0 amide bonds. The monoisotopic (exact) mass is 317 g/mol. The fourth-order valence-electron chi connectivity index (χ4n) is 1.83. The van der Waals surface area contributed by atoms with Crippen molar-refractivity contribution in [3.05, 3.63) is 6.33 Å². The molecule has 0 spiro atoms. The molecule has 0 aromatic carbocycles. The van der Waals surface area contributed by atoms with Gasteiger partial charge in [-0.3, -0.25) is 0 Å². The predicted molar refractivity (Wildman–Crippen MR) is 83.3 cm³/mol. The molecule has 9 heteroatoms. The Kier molecular flexibility index (Phi) is 5.73. The van der Waals surface area contributed by atoms with Crippen LogP contribution in [-0.2, 0) is 10.0 Å². The maximum absolute atomic E-state index is 11.3. The molecular formula is C12H23N5O3S. The molecule has 0 radical (unpaired) electrons. The van der Waals surface area contributed by atoms with Crippen molar-refractivity contribution in [1.82, 2.24) is 14.7 Å². The lowest BCUT2D eigenvalue weighted by Crippen LogP contribution is -2.47. The fraction of sp³-hybridized carbons (Fsp3) is 0.667. The Hall–Kier alpha value is -1.61. The summed E-state index contributed by atoms with van der Waals surface area (Å²) in [5.41, 5.74) is -0.665. The summed E-state index contributed by atoms with van der Waals surface area (Å²) in [6, 6.07) is 0. The van der Waals surface area contributed by atoms with Crippen molar-refractivity contribution in [2.45, 2.75) is 26.3 Å². The summed E-state index contributed by atoms with van der Waals surface area (Å²) in [4.78, 5) is 8.23. The highest BCUT2D eigenvalue weighted by atomic mass is 32.2. The van der Waals surface area contributed by atoms with Crippen LogP contribution in [0.1, 0.15) is 20.8 Å². The molecule has 120 valence electrons. The zero-order valence-corrected chi connectivity index (χ0v) is 13.8. The fourth-order valence-corrected chi connectivity index (χ4v) is 2.90. The van der Waals surface area contributed by atoms with Crippen LogP contribution in [0.2, 0.25) is 0 Å². The van der Waals surface area contributed by atoms with E-state index in [0.29, 0.717) is 30.5 Å². The summed E-state index contributed by atoms with van der Waals surface area (Å²) in [5, 5.41) is 6.16. The second-order valence-electron chi connectivity index (χ2n) is 5.25. The lowest BCUT2D eigenvalue weighted by Gasteiger charge is -2.26. The van der Waals surface area contributed by atoms with Crippen LogP contribution >= 0.6 is 0 Å². The van der Waals surface area contributed by atoms with Gasteiger partial charge in [0.05, 0.1) is 13.4 Å². The minimum absolute atomic E-state index is 0.346. The van der Waals surface area contributed by atoms with Crippen LogP contribution in [-0.4, -0.2) is 50.4 Å². The quantitative estimate of drug-likeness (QED) is 0.646. The van der Waals surface area contributed by atoms with Crippen LogP contribution in [0.25, 0.3) is 0 Å². The third-order valence-electron chi connectivity index (χ3n) is 2.51. The molecule has 0 saturated heterocycles. The molecule has 1 heterocycles. The minimum Gasteiger partial charge on any atom is -0.490 e. The Morgan fingerprint density at radius 1 is 1.24 bits per heavy atom. The van der Waals surface area contributed by atoms with Crippen molar-refractivity contribution in [2.24, 2.45) is 0 Å². The number of aromatic nitrogens is 2. The van der Waals surface area contributed by atoms with Crippen molar-refractivity contribution < 1.29 is 13.2 Å². The smallest absolute Gasteiger partial charge is 0.209 e. The number of sulfonamides is 1. The third-order valence-corrected chi connectivity index (χ3v) is 3.44. The number of ether oxygens (including phenoxy) is 1. The van der Waals surface area contributed by atoms with Crippen LogP contribution in [0.3, 0.4) is 0 Å². The van der Waals surface area contributed by atoms with Gasteiger partial charge in [0.2, 0.25) is 15.8 Å². The van der Waals surface area contributed by atoms with Crippen LogP contribution in [0.15, 0.2) is 6.33 Å². The van der Waals surface area contributed by atoms with E-state index in [9.17, 15) is 8.42 Å². The Labute approximate surface area is 125 Å². The number of anilines is 2. The van der Waals surface area contributed by atoms with Gasteiger partial charge in [-0.15, -0.1) is 0 Å². The number of nitrogens with zero attached hydrogens (tertiary/aromatic N) is 2. The minimum atomic E-state index is -3.29. The highest BCUT2D eigenvalue weighted by Gasteiger charge is 2.23. The maximum Gasteiger partial charge on any atom is 0.209 e. The SMILES string of the molecule is CCNc1ncnc(NCC(C)(C)NS(C)(=O)=O)c1OC. The first kappa shape index (κ1) is 17.4. The highest BCUT2D eigenvalue weighted by Crippen LogP contribution is 2.28. The summed E-state index contributed by atoms with van der Waals surface area (Å²) >= 11 is 0. The molecule has 0 atom stereocenters. The second-order valence-corrected chi connectivity index (χ2v) is 6.99. The third kappa shape index (κ3) is 5.72. The first-order valence-electron chi connectivity index (χ1n) is 6.54. The molecule has 0 fully saturated rings. The zero-order chi connectivity index (χ0) is 16.1. The Morgan fingerprint density at radius 2 is 1.81 bits per heavy atom. The molecule has 0 aliphatic rings. The topological polar surface area (TPSA) is 105 Å². The van der Waals surface area contributed by atoms with Gasteiger partial charge in [0, 0.05) is 18.6 Å². The average molecular weight is 317 g/mol. The molecule has 0 aliphatic carbocycles. The first-order valence-corrected chi connectivity index (χ1v) is 8.43. The van der Waals surface area contributed by atoms with Crippen LogP contribution in [0.4, 0.5) is 11.6 Å². The van der Waals surface area contributed by atoms with Crippen LogP contribution in [0.5, 0.6) is 5.75 Å². The van der Waals surface area contributed by atoms with E-state index in [1.54, 1.807) is 13.8 Å². The van der Waals surface area contributed by atoms with E-state index in [-0.39, 0.29) is 0 Å². The Bertz CT molecular complexity index is 574. The van der Waals surface area contributed by atoms with Crippen molar-refractivity contribution >= 4 is 21.7 Å². The summed E-state index contributed by atoms with van der Waals surface area (Å²) in [7, 11) is -1.75. The Balaban J connectivity index is 2.86. The van der Waals surface area contributed by atoms with E-state index < -0.39 is 15.6 Å². The molecule has 8 nitrogen and oxygen atoms in total. The molecule has 0 bridgehead atoms. The van der Waals surface area contributed by atoms with Gasteiger partial charge in [-0.1, -0.05) is 0 Å². The normalized spacial score (nSPS) is 12.0. The summed E-state index contributed by atoms with van der Waals surface area (Å²) in [6.45, 7) is 6.56. The van der Waals surface area contributed by atoms with Gasteiger partial charge in [-0.05, 0) is 20.8 Å². The average Bonchev–Trinajstić information content (AvgIpc) is 2.34. The van der Waals surface area contributed by atoms with Crippen molar-refractivity contribution in [1.29, 1.82) is 0 Å². The number of rotatable bonds is 8.